The maximum atomic E-state index is 14.3. The van der Waals surface area contributed by atoms with Gasteiger partial charge in [-0.2, -0.15) is 0 Å². The van der Waals surface area contributed by atoms with Crippen LogP contribution in [0.4, 0.5) is 0 Å². The molecule has 3 fully saturated rings. The van der Waals surface area contributed by atoms with Crippen LogP contribution in [-0.2, 0) is 61.2 Å². The van der Waals surface area contributed by atoms with Crippen LogP contribution in [0.5, 0.6) is 0 Å². The summed E-state index contributed by atoms with van der Waals surface area (Å²) < 4.78 is 64.8. The van der Waals surface area contributed by atoms with E-state index in [9.17, 15) is 74.9 Å². The van der Waals surface area contributed by atoms with Crippen molar-refractivity contribution in [2.75, 3.05) is 26.4 Å². The molecule has 3 rings (SSSR count). The highest BCUT2D eigenvalue weighted by molar-refractivity contribution is 7.47. The second kappa shape index (κ2) is 50.7. The molecule has 0 aromatic carbocycles. The normalized spacial score (nSPS) is 28.6. The van der Waals surface area contributed by atoms with Crippen molar-refractivity contribution in [2.45, 2.75) is 362 Å². The summed E-state index contributed by atoms with van der Waals surface area (Å²) >= 11 is 0. The fraction of sp³-hybridized carbons (Fsp3) is 0.897. The first-order valence-electron chi connectivity index (χ1n) is 35.6. The Bertz CT molecular complexity index is 2040. The molecule has 3 aliphatic rings. The van der Waals surface area contributed by atoms with Crippen LogP contribution in [-0.4, -0.2) is 204 Å². The van der Waals surface area contributed by atoms with Gasteiger partial charge in [0, 0.05) is 19.3 Å². The molecule has 0 spiro atoms. The van der Waals surface area contributed by atoms with Crippen LogP contribution in [0, 0.1) is 0 Å². The Kier molecular flexibility index (Phi) is 46.2. The number of aliphatic hydroxyl groups excluding tert-OH is 10. The molecular weight excluding hydrogens is 1230 g/mol. The quantitative estimate of drug-likeness (QED) is 0.00892. The van der Waals surface area contributed by atoms with Crippen LogP contribution in [0.15, 0.2) is 24.3 Å². The maximum Gasteiger partial charge on any atom is 0.472 e. The van der Waals surface area contributed by atoms with Gasteiger partial charge in [0.05, 0.1) is 13.2 Å². The molecule has 0 bridgehead atoms. The van der Waals surface area contributed by atoms with Gasteiger partial charge in [-0.3, -0.25) is 23.4 Å². The van der Waals surface area contributed by atoms with E-state index in [0.717, 1.165) is 89.9 Å². The Morgan fingerprint density at radius 3 is 1.17 bits per heavy atom. The molecule has 0 aromatic heterocycles. The molecule has 2 heterocycles. The molecule has 18 unspecified atom stereocenters. The molecule has 544 valence electrons. The van der Waals surface area contributed by atoms with E-state index < -0.39 is 156 Å². The second-order valence-corrected chi connectivity index (χ2v) is 27.0. The number of allylic oxidation sites excluding steroid dienone is 4. The van der Waals surface area contributed by atoms with Crippen LogP contribution >= 0.6 is 7.82 Å². The third kappa shape index (κ3) is 34.7. The van der Waals surface area contributed by atoms with E-state index >= 15 is 0 Å². The summed E-state index contributed by atoms with van der Waals surface area (Å²) in [7, 11) is -5.69. The topological polar surface area (TPSA) is 374 Å². The van der Waals surface area contributed by atoms with Gasteiger partial charge in [-0.15, -0.1) is 0 Å². The van der Waals surface area contributed by atoms with Crippen LogP contribution < -0.4 is 0 Å². The SMILES string of the molecule is CCCCCCCC/C=C\CCCCCC(=O)OCC1OC(OC2C(O)C(O)C(O)C(OC3OC(CO)C(O)C(O)C3O)C2OP(=O)(O)OCC(COC(=O)CCCCCCCCCCCCCC)OC(=O)CCCCC/C=C\CCCCCCCC)C(O)C(O)C1O. The molecule has 1 saturated carbocycles. The summed E-state index contributed by atoms with van der Waals surface area (Å²) in [4.78, 5) is 50.8. The highest BCUT2D eigenvalue weighted by Gasteiger charge is 2.58. The van der Waals surface area contributed by atoms with Crippen molar-refractivity contribution in [3.05, 3.63) is 24.3 Å². The lowest BCUT2D eigenvalue weighted by Gasteiger charge is -2.49. The zero-order chi connectivity index (χ0) is 68.2. The number of hydrogen-bond acceptors (Lipinski definition) is 23. The zero-order valence-electron chi connectivity index (χ0n) is 56.3. The van der Waals surface area contributed by atoms with Gasteiger partial charge in [-0.1, -0.05) is 193 Å². The summed E-state index contributed by atoms with van der Waals surface area (Å²) in [6.45, 7) is 3.37. The van der Waals surface area contributed by atoms with Crippen molar-refractivity contribution in [3.63, 3.8) is 0 Å². The molecule has 24 nitrogen and oxygen atoms in total. The average Bonchev–Trinajstić information content (AvgIpc) is 0.780. The Morgan fingerprint density at radius 1 is 0.409 bits per heavy atom. The molecule has 0 aromatic rings. The van der Waals surface area contributed by atoms with Crippen molar-refractivity contribution < 1.29 is 117 Å². The van der Waals surface area contributed by atoms with Crippen molar-refractivity contribution in [3.8, 4) is 0 Å². The summed E-state index contributed by atoms with van der Waals surface area (Å²) in [5.74, 6) is -2.03. The largest absolute Gasteiger partial charge is 0.472 e. The predicted molar refractivity (Wildman–Crippen MR) is 347 cm³/mol. The lowest BCUT2D eigenvalue weighted by Crippen LogP contribution is -2.69. The standard InChI is InChI=1S/C68H123O24P/c1-4-7-10-13-16-19-22-25-28-31-34-37-40-43-53(71)85-48-51-56(74)58(76)63(81)68(89-51)91-65-61(79)59(77)60(78)64(90-67-62(80)57(75)55(73)50(45-69)88-67)66(65)92-93(82,83)86-47-49(46-84-52(70)42-39-36-33-30-27-24-21-18-15-12-9-6-3)87-54(72)44-41-38-35-32-29-26-23-20-17-14-11-8-5-2/h25-26,28-29,49-51,55-69,73-81H,4-24,27,30-48H2,1-3H3,(H,82,83)/b28-25-,29-26-. The fourth-order valence-corrected chi connectivity index (χ4v) is 12.5. The van der Waals surface area contributed by atoms with Gasteiger partial charge >= 0.3 is 25.7 Å². The molecule has 11 N–H and O–H groups in total. The number of rotatable bonds is 54. The minimum Gasteiger partial charge on any atom is -0.463 e. The van der Waals surface area contributed by atoms with E-state index in [-0.39, 0.29) is 19.3 Å². The lowest BCUT2D eigenvalue weighted by molar-refractivity contribution is -0.360. The predicted octanol–water partition coefficient (Wildman–Crippen LogP) is 8.57. The van der Waals surface area contributed by atoms with Crippen molar-refractivity contribution in [1.82, 2.24) is 0 Å². The number of esters is 3. The Hall–Kier alpha value is -2.56. The third-order valence-electron chi connectivity index (χ3n) is 17.5. The van der Waals surface area contributed by atoms with E-state index in [1.165, 1.54) is 103 Å². The molecule has 93 heavy (non-hydrogen) atoms. The van der Waals surface area contributed by atoms with Gasteiger partial charge in [0.1, 0.15) is 98.7 Å². The minimum atomic E-state index is -5.69. The minimum absolute atomic E-state index is 0.00747. The second-order valence-electron chi connectivity index (χ2n) is 25.6. The molecule has 2 saturated heterocycles. The van der Waals surface area contributed by atoms with E-state index in [1.807, 2.05) is 0 Å². The molecule has 0 radical (unpaired) electrons. The van der Waals surface area contributed by atoms with Crippen LogP contribution in [0.25, 0.3) is 0 Å². The number of hydrogen-bond donors (Lipinski definition) is 11. The monoisotopic (exact) mass is 1350 g/mol. The van der Waals surface area contributed by atoms with E-state index in [4.69, 9.17) is 42.2 Å². The summed E-state index contributed by atoms with van der Waals surface area (Å²) in [5.41, 5.74) is 0. The number of phosphoric ester groups is 1. The van der Waals surface area contributed by atoms with Crippen LogP contribution in [0.3, 0.4) is 0 Å². The number of unbranched alkanes of at least 4 members (excludes halogenated alkanes) is 29. The number of carbonyl (C=O) groups is 3. The lowest BCUT2D eigenvalue weighted by atomic mass is 9.84. The van der Waals surface area contributed by atoms with Crippen molar-refractivity contribution >= 4 is 25.7 Å². The molecule has 1 aliphatic carbocycles. The smallest absolute Gasteiger partial charge is 0.463 e. The van der Waals surface area contributed by atoms with Gasteiger partial charge in [-0.25, -0.2) is 4.57 Å². The number of ether oxygens (including phenoxy) is 7. The zero-order valence-corrected chi connectivity index (χ0v) is 57.2. The third-order valence-corrected chi connectivity index (χ3v) is 18.4. The Balaban J connectivity index is 1.77. The van der Waals surface area contributed by atoms with Gasteiger partial charge < -0.3 is 89.1 Å². The summed E-state index contributed by atoms with van der Waals surface area (Å²) in [5, 5.41) is 110. The van der Waals surface area contributed by atoms with E-state index in [1.54, 1.807) is 0 Å². The molecule has 0 amide bonds. The number of carbonyl (C=O) groups excluding carboxylic acids is 3. The number of phosphoric acid groups is 1. The van der Waals surface area contributed by atoms with Gasteiger partial charge in [0.15, 0.2) is 18.7 Å². The van der Waals surface area contributed by atoms with Gasteiger partial charge in [0.25, 0.3) is 0 Å². The average molecular weight is 1360 g/mol. The summed E-state index contributed by atoms with van der Waals surface area (Å²) in [6.07, 6.45) is 8.53. The van der Waals surface area contributed by atoms with E-state index in [2.05, 4.69) is 45.1 Å². The molecule has 25 heteroatoms. The Labute approximate surface area is 554 Å². The fourth-order valence-electron chi connectivity index (χ4n) is 11.6. The Morgan fingerprint density at radius 2 is 0.753 bits per heavy atom. The number of aliphatic hydroxyl groups is 10. The molecule has 2 aliphatic heterocycles. The molecular formula is C68H123O24P. The van der Waals surface area contributed by atoms with Crippen LogP contribution in [0.1, 0.15) is 258 Å². The highest BCUT2D eigenvalue weighted by Crippen LogP contribution is 2.49. The van der Waals surface area contributed by atoms with Gasteiger partial charge in [0.2, 0.25) is 0 Å². The maximum absolute atomic E-state index is 14.3. The molecule has 18 atom stereocenters. The summed E-state index contributed by atoms with van der Waals surface area (Å²) in [6, 6.07) is 0. The highest BCUT2D eigenvalue weighted by atomic mass is 31.2. The first-order valence-corrected chi connectivity index (χ1v) is 37.1. The van der Waals surface area contributed by atoms with E-state index in [0.29, 0.717) is 25.7 Å². The van der Waals surface area contributed by atoms with Gasteiger partial charge in [-0.05, 0) is 70.6 Å². The van der Waals surface area contributed by atoms with Crippen LogP contribution in [0.2, 0.25) is 0 Å². The van der Waals surface area contributed by atoms with Crippen molar-refractivity contribution in [2.24, 2.45) is 0 Å². The van der Waals surface area contributed by atoms with Crippen molar-refractivity contribution in [1.29, 1.82) is 0 Å². The first kappa shape index (κ1) is 84.7. The first-order chi connectivity index (χ1) is 44.8.